The molecule has 1 aromatic heterocycles. The number of hydrogen-bond acceptors (Lipinski definition) is 5. The van der Waals surface area contributed by atoms with Crippen LogP contribution in [0.4, 0.5) is 9.52 Å². The lowest BCUT2D eigenvalue weighted by Crippen LogP contribution is -2.28. The van der Waals surface area contributed by atoms with Crippen molar-refractivity contribution in [1.82, 2.24) is 9.36 Å². The molecule has 0 spiro atoms. The summed E-state index contributed by atoms with van der Waals surface area (Å²) in [6.45, 7) is 4.58. The van der Waals surface area contributed by atoms with Crippen LogP contribution in [0.2, 0.25) is 0 Å². The summed E-state index contributed by atoms with van der Waals surface area (Å²) in [6.07, 6.45) is 2.68. The number of benzene rings is 1. The van der Waals surface area contributed by atoms with Gasteiger partial charge in [0.05, 0.1) is 0 Å². The summed E-state index contributed by atoms with van der Waals surface area (Å²) >= 11 is 1.33. The Morgan fingerprint density at radius 1 is 1.43 bits per heavy atom. The van der Waals surface area contributed by atoms with Crippen LogP contribution in [0.5, 0.6) is 0 Å². The molecule has 0 amide bonds. The Hall–Kier alpha value is -1.53. The van der Waals surface area contributed by atoms with E-state index in [0.29, 0.717) is 18.5 Å². The predicted octanol–water partition coefficient (Wildman–Crippen LogP) is 3.12. The summed E-state index contributed by atoms with van der Waals surface area (Å²) in [5, 5.41) is 4.00. The minimum Gasteiger partial charge on any atom is -0.359 e. The van der Waals surface area contributed by atoms with Crippen LogP contribution in [0.25, 0.3) is 0 Å². The molecule has 21 heavy (non-hydrogen) atoms. The van der Waals surface area contributed by atoms with Gasteiger partial charge in [0.15, 0.2) is 0 Å². The van der Waals surface area contributed by atoms with Gasteiger partial charge in [0.1, 0.15) is 11.6 Å². The average molecular weight is 308 g/mol. The van der Waals surface area contributed by atoms with Crippen molar-refractivity contribution < 1.29 is 4.39 Å². The SMILES string of the molecule is CCCC(N)CNc1nc(Cc2ccc(F)c(C)c2)ns1. The highest BCUT2D eigenvalue weighted by Crippen LogP contribution is 2.16. The fourth-order valence-electron chi connectivity index (χ4n) is 2.09. The molecule has 1 unspecified atom stereocenters. The molecule has 0 radical (unpaired) electrons. The van der Waals surface area contributed by atoms with Gasteiger partial charge in [0.25, 0.3) is 0 Å². The van der Waals surface area contributed by atoms with E-state index in [-0.39, 0.29) is 11.9 Å². The Morgan fingerprint density at radius 2 is 2.24 bits per heavy atom. The first kappa shape index (κ1) is 15.9. The van der Waals surface area contributed by atoms with Crippen LogP contribution < -0.4 is 11.1 Å². The number of halogens is 1. The van der Waals surface area contributed by atoms with Gasteiger partial charge in [-0.1, -0.05) is 25.5 Å². The molecule has 0 saturated carbocycles. The van der Waals surface area contributed by atoms with Crippen LogP contribution in [-0.4, -0.2) is 21.9 Å². The molecule has 114 valence electrons. The Kier molecular flexibility index (Phi) is 5.64. The van der Waals surface area contributed by atoms with Crippen molar-refractivity contribution in [3.05, 3.63) is 41.0 Å². The fraction of sp³-hybridized carbons (Fsp3) is 0.467. The van der Waals surface area contributed by atoms with E-state index in [9.17, 15) is 4.39 Å². The monoisotopic (exact) mass is 308 g/mol. The van der Waals surface area contributed by atoms with Crippen molar-refractivity contribution >= 4 is 16.7 Å². The molecule has 0 aliphatic carbocycles. The van der Waals surface area contributed by atoms with Crippen molar-refractivity contribution in [3.8, 4) is 0 Å². The molecule has 3 N–H and O–H groups in total. The smallest absolute Gasteiger partial charge is 0.202 e. The van der Waals surface area contributed by atoms with Crippen LogP contribution in [0.15, 0.2) is 18.2 Å². The van der Waals surface area contributed by atoms with E-state index in [0.717, 1.165) is 29.4 Å². The van der Waals surface area contributed by atoms with Crippen molar-refractivity contribution in [2.45, 2.75) is 39.2 Å². The second-order valence-electron chi connectivity index (χ2n) is 5.21. The number of aryl methyl sites for hydroxylation is 1. The number of hydrogen-bond donors (Lipinski definition) is 2. The second kappa shape index (κ2) is 7.47. The molecule has 1 atom stereocenters. The number of nitrogens with two attached hydrogens (primary N) is 1. The van der Waals surface area contributed by atoms with Crippen LogP contribution in [-0.2, 0) is 6.42 Å². The molecule has 0 saturated heterocycles. The van der Waals surface area contributed by atoms with Crippen LogP contribution >= 0.6 is 11.5 Å². The molecule has 2 rings (SSSR count). The highest BCUT2D eigenvalue weighted by molar-refractivity contribution is 7.09. The van der Waals surface area contributed by atoms with E-state index in [4.69, 9.17) is 5.73 Å². The van der Waals surface area contributed by atoms with E-state index in [1.54, 1.807) is 13.0 Å². The van der Waals surface area contributed by atoms with Gasteiger partial charge in [0, 0.05) is 30.5 Å². The Labute approximate surface area is 128 Å². The highest BCUT2D eigenvalue weighted by Gasteiger charge is 2.08. The van der Waals surface area contributed by atoms with Gasteiger partial charge >= 0.3 is 0 Å². The van der Waals surface area contributed by atoms with Crippen molar-refractivity contribution in [1.29, 1.82) is 0 Å². The number of aromatic nitrogens is 2. The highest BCUT2D eigenvalue weighted by atomic mass is 32.1. The summed E-state index contributed by atoms with van der Waals surface area (Å²) in [4.78, 5) is 4.44. The molecule has 0 bridgehead atoms. The van der Waals surface area contributed by atoms with Crippen molar-refractivity contribution in [3.63, 3.8) is 0 Å². The molecule has 1 heterocycles. The summed E-state index contributed by atoms with van der Waals surface area (Å²) < 4.78 is 17.6. The van der Waals surface area contributed by atoms with Crippen molar-refractivity contribution in [2.75, 3.05) is 11.9 Å². The van der Waals surface area contributed by atoms with E-state index in [1.807, 2.05) is 6.07 Å². The van der Waals surface area contributed by atoms with Gasteiger partial charge in [-0.2, -0.15) is 4.37 Å². The van der Waals surface area contributed by atoms with Crippen LogP contribution in [0.1, 0.15) is 36.7 Å². The minimum absolute atomic E-state index is 0.141. The third kappa shape index (κ3) is 4.75. The van der Waals surface area contributed by atoms with Gasteiger partial charge in [-0.05, 0) is 30.5 Å². The maximum atomic E-state index is 13.2. The molecule has 2 aromatic rings. The molecular weight excluding hydrogens is 287 g/mol. The van der Waals surface area contributed by atoms with Crippen LogP contribution in [0.3, 0.4) is 0 Å². The van der Waals surface area contributed by atoms with Gasteiger partial charge in [-0.3, -0.25) is 0 Å². The molecule has 1 aromatic carbocycles. The zero-order valence-electron chi connectivity index (χ0n) is 12.4. The maximum absolute atomic E-state index is 13.2. The van der Waals surface area contributed by atoms with Crippen molar-refractivity contribution in [2.24, 2.45) is 5.73 Å². The summed E-state index contributed by atoms with van der Waals surface area (Å²) in [5.41, 5.74) is 7.61. The first-order valence-electron chi connectivity index (χ1n) is 7.15. The number of anilines is 1. The van der Waals surface area contributed by atoms with Gasteiger partial charge < -0.3 is 11.1 Å². The first-order valence-corrected chi connectivity index (χ1v) is 7.93. The van der Waals surface area contributed by atoms with Crippen LogP contribution in [0, 0.1) is 12.7 Å². The Morgan fingerprint density at radius 3 is 2.95 bits per heavy atom. The zero-order valence-corrected chi connectivity index (χ0v) is 13.2. The quantitative estimate of drug-likeness (QED) is 0.825. The van der Waals surface area contributed by atoms with E-state index >= 15 is 0 Å². The largest absolute Gasteiger partial charge is 0.359 e. The molecule has 0 fully saturated rings. The second-order valence-corrected chi connectivity index (χ2v) is 5.96. The Bertz CT molecular complexity index is 585. The zero-order chi connectivity index (χ0) is 15.2. The van der Waals surface area contributed by atoms with Gasteiger partial charge in [-0.15, -0.1) is 0 Å². The van der Waals surface area contributed by atoms with E-state index in [2.05, 4.69) is 21.6 Å². The minimum atomic E-state index is -0.183. The van der Waals surface area contributed by atoms with E-state index in [1.165, 1.54) is 17.6 Å². The lowest BCUT2D eigenvalue weighted by atomic mass is 10.1. The summed E-state index contributed by atoms with van der Waals surface area (Å²) in [7, 11) is 0. The number of nitrogens with one attached hydrogen (secondary N) is 1. The third-order valence-electron chi connectivity index (χ3n) is 3.23. The number of nitrogens with zero attached hydrogens (tertiary/aromatic N) is 2. The fourth-order valence-corrected chi connectivity index (χ4v) is 2.68. The van der Waals surface area contributed by atoms with Gasteiger partial charge in [-0.25, -0.2) is 9.37 Å². The maximum Gasteiger partial charge on any atom is 0.202 e. The summed E-state index contributed by atoms with van der Waals surface area (Å²) in [5.74, 6) is 0.565. The van der Waals surface area contributed by atoms with E-state index < -0.39 is 0 Å². The van der Waals surface area contributed by atoms with Gasteiger partial charge in [0.2, 0.25) is 5.13 Å². The lowest BCUT2D eigenvalue weighted by molar-refractivity contribution is 0.617. The topological polar surface area (TPSA) is 63.8 Å². The predicted molar refractivity (Wildman–Crippen MR) is 85.2 cm³/mol. The molecule has 0 aliphatic rings. The molecule has 4 nitrogen and oxygen atoms in total. The number of rotatable bonds is 7. The summed E-state index contributed by atoms with van der Waals surface area (Å²) in [6, 6.07) is 5.23. The molecule has 6 heteroatoms. The third-order valence-corrected chi connectivity index (χ3v) is 3.94. The normalized spacial score (nSPS) is 12.4. The average Bonchev–Trinajstić information content (AvgIpc) is 2.89. The molecule has 0 aliphatic heterocycles. The lowest BCUT2D eigenvalue weighted by Gasteiger charge is -2.09. The molecular formula is C15H21FN4S. The standard InChI is InChI=1S/C15H21FN4S/c1-3-4-12(17)9-18-15-19-14(20-21-15)8-11-5-6-13(16)10(2)7-11/h5-7,12H,3-4,8-9,17H2,1-2H3,(H,18,19,20). The first-order chi connectivity index (χ1) is 10.1. The Balaban J connectivity index is 1.92.